The van der Waals surface area contributed by atoms with Crippen LogP contribution in [0.25, 0.3) is 6.08 Å². The van der Waals surface area contributed by atoms with Crippen molar-refractivity contribution >= 4 is 23.8 Å². The largest absolute Gasteiger partial charge is 0.478 e. The Morgan fingerprint density at radius 2 is 2.00 bits per heavy atom. The van der Waals surface area contributed by atoms with E-state index >= 15 is 0 Å². The smallest absolute Gasteiger partial charge is 0.328 e. The van der Waals surface area contributed by atoms with Crippen LogP contribution in [0.5, 0.6) is 0 Å². The molecule has 0 aliphatic carbocycles. The van der Waals surface area contributed by atoms with E-state index < -0.39 is 11.8 Å². The van der Waals surface area contributed by atoms with Gasteiger partial charge in [-0.2, -0.15) is 0 Å². The number of hydrogen-bond acceptors (Lipinski definition) is 2. The van der Waals surface area contributed by atoms with Gasteiger partial charge in [0, 0.05) is 30.4 Å². The van der Waals surface area contributed by atoms with Crippen molar-refractivity contribution in [2.75, 3.05) is 18.4 Å². The third kappa shape index (κ3) is 4.38. The first-order chi connectivity index (χ1) is 9.47. The van der Waals surface area contributed by atoms with Gasteiger partial charge in [0.05, 0.1) is 0 Å². The number of anilines is 1. The quantitative estimate of drug-likeness (QED) is 0.815. The number of aliphatic carboxylic acids is 1. The van der Waals surface area contributed by atoms with Crippen LogP contribution in [0.1, 0.15) is 19.4 Å². The van der Waals surface area contributed by atoms with E-state index in [0.717, 1.165) is 12.2 Å². The molecule has 1 aromatic carbocycles. The maximum Gasteiger partial charge on any atom is 0.328 e. The number of urea groups is 1. The Kier molecular flexibility index (Phi) is 5.71. The van der Waals surface area contributed by atoms with Crippen LogP contribution in [0.2, 0.25) is 0 Å². The van der Waals surface area contributed by atoms with Gasteiger partial charge < -0.3 is 15.3 Å². The maximum absolute atomic E-state index is 13.5. The molecule has 5 nitrogen and oxygen atoms in total. The topological polar surface area (TPSA) is 69.6 Å². The number of carbonyl (C=O) groups is 2. The van der Waals surface area contributed by atoms with Gasteiger partial charge in [0.25, 0.3) is 0 Å². The number of nitrogens with one attached hydrogen (secondary N) is 1. The molecule has 2 N–H and O–H groups in total. The van der Waals surface area contributed by atoms with E-state index in [0.29, 0.717) is 18.8 Å². The summed E-state index contributed by atoms with van der Waals surface area (Å²) in [6, 6.07) is 3.71. The van der Waals surface area contributed by atoms with Crippen molar-refractivity contribution < 1.29 is 19.1 Å². The van der Waals surface area contributed by atoms with Crippen LogP contribution in [-0.2, 0) is 4.79 Å². The van der Waals surface area contributed by atoms with Gasteiger partial charge in [-0.3, -0.25) is 0 Å². The highest BCUT2D eigenvalue weighted by Gasteiger charge is 2.10. The average molecular weight is 280 g/mol. The van der Waals surface area contributed by atoms with Gasteiger partial charge in [-0.1, -0.05) is 0 Å². The molecule has 1 rings (SSSR count). The SMILES string of the molecule is CCN(CC)C(=O)Nc1ccc(F)c(/C=C/C(=O)O)c1. The van der Waals surface area contributed by atoms with Crippen LogP contribution >= 0.6 is 0 Å². The van der Waals surface area contributed by atoms with Crippen LogP contribution in [0.4, 0.5) is 14.9 Å². The average Bonchev–Trinajstić information content (AvgIpc) is 2.40. The fourth-order valence-corrected chi connectivity index (χ4v) is 1.62. The Hall–Kier alpha value is -2.37. The lowest BCUT2D eigenvalue weighted by Crippen LogP contribution is -2.34. The van der Waals surface area contributed by atoms with E-state index in [-0.39, 0.29) is 11.6 Å². The van der Waals surface area contributed by atoms with Crippen LogP contribution in [-0.4, -0.2) is 35.1 Å². The summed E-state index contributed by atoms with van der Waals surface area (Å²) < 4.78 is 13.5. The van der Waals surface area contributed by atoms with E-state index in [4.69, 9.17) is 5.11 Å². The Balaban J connectivity index is 2.90. The van der Waals surface area contributed by atoms with E-state index in [1.54, 1.807) is 4.90 Å². The number of amides is 2. The van der Waals surface area contributed by atoms with Crippen LogP contribution < -0.4 is 5.32 Å². The molecule has 0 atom stereocenters. The minimum absolute atomic E-state index is 0.102. The van der Waals surface area contributed by atoms with Crippen molar-refractivity contribution in [3.8, 4) is 0 Å². The number of rotatable bonds is 5. The van der Waals surface area contributed by atoms with Gasteiger partial charge in [0.2, 0.25) is 0 Å². The summed E-state index contributed by atoms with van der Waals surface area (Å²) in [5.41, 5.74) is 0.512. The third-order valence-corrected chi connectivity index (χ3v) is 2.70. The standard InChI is InChI=1S/C14H17FN2O3/c1-3-17(4-2)14(20)16-11-6-7-12(15)10(9-11)5-8-13(18)19/h5-9H,3-4H2,1-2H3,(H,16,20)(H,18,19)/b8-5+. The fraction of sp³-hybridized carbons (Fsp3) is 0.286. The molecule has 0 fully saturated rings. The van der Waals surface area contributed by atoms with Crippen LogP contribution in [0.3, 0.4) is 0 Å². The lowest BCUT2D eigenvalue weighted by molar-refractivity contribution is -0.131. The highest BCUT2D eigenvalue weighted by Crippen LogP contribution is 2.16. The zero-order chi connectivity index (χ0) is 15.1. The maximum atomic E-state index is 13.5. The summed E-state index contributed by atoms with van der Waals surface area (Å²) in [7, 11) is 0. The van der Waals surface area contributed by atoms with Gasteiger partial charge in [-0.25, -0.2) is 14.0 Å². The van der Waals surface area contributed by atoms with Gasteiger partial charge in [0.1, 0.15) is 5.82 Å². The van der Waals surface area contributed by atoms with Gasteiger partial charge >= 0.3 is 12.0 Å². The number of hydrogen-bond donors (Lipinski definition) is 2. The molecule has 0 bridgehead atoms. The predicted molar refractivity (Wildman–Crippen MR) is 75.0 cm³/mol. The first-order valence-corrected chi connectivity index (χ1v) is 6.24. The molecule has 0 aromatic heterocycles. The molecule has 0 spiro atoms. The summed E-state index contributed by atoms with van der Waals surface area (Å²) in [6.07, 6.45) is 1.99. The monoisotopic (exact) mass is 280 g/mol. The Labute approximate surface area is 116 Å². The Bertz CT molecular complexity index is 525. The second kappa shape index (κ2) is 7.28. The minimum Gasteiger partial charge on any atom is -0.478 e. The number of carbonyl (C=O) groups excluding carboxylic acids is 1. The molecular weight excluding hydrogens is 263 g/mol. The van der Waals surface area contributed by atoms with Crippen molar-refractivity contribution in [2.24, 2.45) is 0 Å². The van der Waals surface area contributed by atoms with Gasteiger partial charge in [-0.15, -0.1) is 0 Å². The summed E-state index contributed by atoms with van der Waals surface area (Å²) in [5, 5.41) is 11.2. The first-order valence-electron chi connectivity index (χ1n) is 6.24. The molecule has 2 amide bonds. The lowest BCUT2D eigenvalue weighted by atomic mass is 10.1. The van der Waals surface area contributed by atoms with E-state index in [1.807, 2.05) is 13.8 Å². The molecule has 0 saturated carbocycles. The molecule has 0 aliphatic rings. The van der Waals surface area contributed by atoms with Gasteiger partial charge in [-0.05, 0) is 38.1 Å². The molecule has 0 heterocycles. The second-order valence-electron chi connectivity index (χ2n) is 4.01. The number of nitrogens with zero attached hydrogens (tertiary/aromatic N) is 1. The molecule has 0 aliphatic heterocycles. The summed E-state index contributed by atoms with van der Waals surface area (Å²) in [4.78, 5) is 23.9. The molecule has 108 valence electrons. The number of carboxylic acid groups (broad SMARTS) is 1. The van der Waals surface area contributed by atoms with Crippen molar-refractivity contribution in [2.45, 2.75) is 13.8 Å². The van der Waals surface area contributed by atoms with E-state index in [1.165, 1.54) is 18.2 Å². The summed E-state index contributed by atoms with van der Waals surface area (Å²) in [6.45, 7) is 4.84. The lowest BCUT2D eigenvalue weighted by Gasteiger charge is -2.19. The third-order valence-electron chi connectivity index (χ3n) is 2.70. The van der Waals surface area contributed by atoms with Crippen LogP contribution in [0.15, 0.2) is 24.3 Å². The molecule has 0 unspecified atom stereocenters. The van der Waals surface area contributed by atoms with Crippen molar-refractivity contribution in [1.82, 2.24) is 4.90 Å². The fourth-order valence-electron chi connectivity index (χ4n) is 1.62. The highest BCUT2D eigenvalue weighted by atomic mass is 19.1. The van der Waals surface area contributed by atoms with E-state index in [2.05, 4.69) is 5.32 Å². The number of carboxylic acids is 1. The molecule has 0 radical (unpaired) electrons. The van der Waals surface area contributed by atoms with Crippen molar-refractivity contribution in [1.29, 1.82) is 0 Å². The molecule has 0 saturated heterocycles. The normalized spacial score (nSPS) is 10.6. The zero-order valence-corrected chi connectivity index (χ0v) is 11.4. The Morgan fingerprint density at radius 1 is 1.35 bits per heavy atom. The highest BCUT2D eigenvalue weighted by molar-refractivity contribution is 5.90. The molecular formula is C14H17FN2O3. The predicted octanol–water partition coefficient (Wildman–Crippen LogP) is 2.80. The van der Waals surface area contributed by atoms with E-state index in [9.17, 15) is 14.0 Å². The van der Waals surface area contributed by atoms with Crippen LogP contribution in [0, 0.1) is 5.82 Å². The summed E-state index contributed by atoms with van der Waals surface area (Å²) in [5.74, 6) is -1.72. The molecule has 1 aromatic rings. The second-order valence-corrected chi connectivity index (χ2v) is 4.01. The minimum atomic E-state index is -1.16. The molecule has 20 heavy (non-hydrogen) atoms. The number of benzene rings is 1. The van der Waals surface area contributed by atoms with Crippen molar-refractivity contribution in [3.05, 3.63) is 35.7 Å². The number of halogens is 1. The zero-order valence-electron chi connectivity index (χ0n) is 11.4. The van der Waals surface area contributed by atoms with Crippen molar-refractivity contribution in [3.63, 3.8) is 0 Å². The Morgan fingerprint density at radius 3 is 2.55 bits per heavy atom. The first kappa shape index (κ1) is 15.7. The summed E-state index contributed by atoms with van der Waals surface area (Å²) >= 11 is 0. The van der Waals surface area contributed by atoms with Gasteiger partial charge in [0.15, 0.2) is 0 Å². The molecule has 6 heteroatoms.